The zero-order chi connectivity index (χ0) is 24.3. The minimum absolute atomic E-state index is 0.0114. The number of rotatable bonds is 7. The molecular weight excluding hydrogens is 449 g/mol. The first-order valence-corrected chi connectivity index (χ1v) is 9.59. The number of carbonyl (C=O) groups is 2. The highest BCUT2D eigenvalue weighted by Crippen LogP contribution is 2.29. The number of alkyl halides is 5. The van der Waals surface area contributed by atoms with E-state index in [0.717, 1.165) is 24.3 Å². The van der Waals surface area contributed by atoms with Gasteiger partial charge in [-0.15, -0.1) is 0 Å². The van der Waals surface area contributed by atoms with Gasteiger partial charge >= 0.3 is 18.8 Å². The smallest absolute Gasteiger partial charge is 0.416 e. The number of hydrogen-bond acceptors (Lipinski definition) is 4. The molecule has 0 amide bonds. The molecule has 0 aliphatic heterocycles. The molecule has 0 aliphatic rings. The Morgan fingerprint density at radius 3 is 2.12 bits per heavy atom. The van der Waals surface area contributed by atoms with Crippen molar-refractivity contribution in [3.8, 4) is 11.4 Å². The highest BCUT2D eigenvalue weighted by molar-refractivity contribution is 6.00. The third-order valence-corrected chi connectivity index (χ3v) is 4.83. The molecular formula is C23H18F5NO4. The molecule has 2 aromatic carbocycles. The van der Waals surface area contributed by atoms with E-state index >= 15 is 0 Å². The molecule has 10 heteroatoms. The van der Waals surface area contributed by atoms with Gasteiger partial charge in [0.1, 0.15) is 5.75 Å². The maximum atomic E-state index is 12.6. The fourth-order valence-corrected chi connectivity index (χ4v) is 3.31. The maximum absolute atomic E-state index is 12.6. The lowest BCUT2D eigenvalue weighted by Crippen LogP contribution is -2.15. The normalized spacial score (nSPS) is 11.5. The van der Waals surface area contributed by atoms with Crippen LogP contribution in [0.5, 0.6) is 5.75 Å². The lowest BCUT2D eigenvalue weighted by Gasteiger charge is -2.11. The van der Waals surface area contributed by atoms with Crippen LogP contribution in [0.4, 0.5) is 22.0 Å². The summed E-state index contributed by atoms with van der Waals surface area (Å²) in [5.74, 6) is -1.45. The summed E-state index contributed by atoms with van der Waals surface area (Å²) in [7, 11) is 0. The molecule has 1 aromatic heterocycles. The van der Waals surface area contributed by atoms with Crippen LogP contribution in [0.15, 0.2) is 54.6 Å². The first kappa shape index (κ1) is 24.0. The quantitative estimate of drug-likeness (QED) is 0.252. The monoisotopic (exact) mass is 467 g/mol. The van der Waals surface area contributed by atoms with E-state index in [0.29, 0.717) is 17.1 Å². The molecule has 0 fully saturated rings. The maximum Gasteiger partial charge on any atom is 0.416 e. The van der Waals surface area contributed by atoms with Crippen molar-refractivity contribution < 1.29 is 41.0 Å². The van der Waals surface area contributed by atoms with E-state index in [2.05, 4.69) is 4.74 Å². The lowest BCUT2D eigenvalue weighted by atomic mass is 10.1. The Hall–Kier alpha value is -3.69. The summed E-state index contributed by atoms with van der Waals surface area (Å²) in [6.45, 7) is -0.144. The van der Waals surface area contributed by atoms with Crippen molar-refractivity contribution in [2.45, 2.75) is 26.6 Å². The molecule has 3 rings (SSSR count). The molecule has 0 N–H and O–H groups in total. The Kier molecular flexibility index (Phi) is 6.85. The summed E-state index contributed by atoms with van der Waals surface area (Å²) in [6.07, 6.45) is -4.53. The van der Waals surface area contributed by atoms with Gasteiger partial charge in [0.15, 0.2) is 6.61 Å². The van der Waals surface area contributed by atoms with E-state index in [1.807, 2.05) is 0 Å². The van der Waals surface area contributed by atoms with Gasteiger partial charge in [0.25, 0.3) is 0 Å². The van der Waals surface area contributed by atoms with Crippen LogP contribution in [0.1, 0.15) is 37.7 Å². The number of nitrogens with zero attached hydrogens (tertiary/aromatic N) is 1. The van der Waals surface area contributed by atoms with Gasteiger partial charge in [0.2, 0.25) is 5.78 Å². The van der Waals surface area contributed by atoms with Crippen LogP contribution in [0.25, 0.3) is 5.69 Å². The highest BCUT2D eigenvalue weighted by Gasteiger charge is 2.30. The van der Waals surface area contributed by atoms with Crippen LogP contribution in [-0.4, -0.2) is 29.5 Å². The molecule has 0 unspecified atom stereocenters. The second kappa shape index (κ2) is 9.43. The fraction of sp³-hybridized carbons (Fsp3) is 0.217. The summed E-state index contributed by atoms with van der Waals surface area (Å²) < 4.78 is 73.5. The molecule has 0 saturated carbocycles. The SMILES string of the molecule is Cc1cc(C(=O)COC(=O)c2ccc(C(F)(F)F)cc2)c(C)n1-c1ccc(OC(F)F)cc1. The number of halogens is 5. The average Bonchev–Trinajstić information content (AvgIpc) is 3.05. The zero-order valence-electron chi connectivity index (χ0n) is 17.5. The van der Waals surface area contributed by atoms with Crippen LogP contribution in [0, 0.1) is 13.8 Å². The molecule has 33 heavy (non-hydrogen) atoms. The van der Waals surface area contributed by atoms with Crippen molar-refractivity contribution in [3.05, 3.63) is 82.7 Å². The van der Waals surface area contributed by atoms with E-state index in [9.17, 15) is 31.5 Å². The van der Waals surface area contributed by atoms with Gasteiger partial charge in [-0.2, -0.15) is 22.0 Å². The van der Waals surface area contributed by atoms with Gasteiger partial charge in [0.05, 0.1) is 11.1 Å². The second-order valence-corrected chi connectivity index (χ2v) is 7.07. The third kappa shape index (κ3) is 5.57. The number of ketones is 1. The lowest BCUT2D eigenvalue weighted by molar-refractivity contribution is -0.137. The summed E-state index contributed by atoms with van der Waals surface area (Å²) in [5, 5.41) is 0. The number of hydrogen-bond donors (Lipinski definition) is 0. The van der Waals surface area contributed by atoms with Crippen molar-refractivity contribution in [2.24, 2.45) is 0 Å². The van der Waals surface area contributed by atoms with Crippen LogP contribution < -0.4 is 4.74 Å². The van der Waals surface area contributed by atoms with Gasteiger partial charge in [0, 0.05) is 22.6 Å². The Morgan fingerprint density at radius 2 is 1.58 bits per heavy atom. The summed E-state index contributed by atoms with van der Waals surface area (Å²) >= 11 is 0. The van der Waals surface area contributed by atoms with Gasteiger partial charge in [-0.1, -0.05) is 0 Å². The first-order chi connectivity index (χ1) is 15.5. The van der Waals surface area contributed by atoms with Crippen molar-refractivity contribution in [1.82, 2.24) is 4.57 Å². The molecule has 0 bridgehead atoms. The van der Waals surface area contributed by atoms with E-state index in [1.54, 1.807) is 36.6 Å². The van der Waals surface area contributed by atoms with Gasteiger partial charge in [-0.25, -0.2) is 4.79 Å². The number of esters is 1. The van der Waals surface area contributed by atoms with E-state index in [-0.39, 0.29) is 16.9 Å². The predicted molar refractivity (Wildman–Crippen MR) is 108 cm³/mol. The topological polar surface area (TPSA) is 57.5 Å². The molecule has 0 spiro atoms. The average molecular weight is 467 g/mol. The number of carbonyl (C=O) groups excluding carboxylic acids is 2. The molecule has 174 valence electrons. The largest absolute Gasteiger partial charge is 0.454 e. The minimum atomic E-state index is -4.53. The predicted octanol–water partition coefficient (Wildman–Crippen LogP) is 5.75. The third-order valence-electron chi connectivity index (χ3n) is 4.83. The number of ether oxygens (including phenoxy) is 2. The van der Waals surface area contributed by atoms with Crippen molar-refractivity contribution in [3.63, 3.8) is 0 Å². The molecule has 0 aliphatic carbocycles. The molecule has 5 nitrogen and oxygen atoms in total. The van der Waals surface area contributed by atoms with Crippen LogP contribution in [0.2, 0.25) is 0 Å². The minimum Gasteiger partial charge on any atom is -0.454 e. The second-order valence-electron chi connectivity index (χ2n) is 7.07. The highest BCUT2D eigenvalue weighted by atomic mass is 19.4. The zero-order valence-corrected chi connectivity index (χ0v) is 17.5. The van der Waals surface area contributed by atoms with E-state index in [4.69, 9.17) is 4.74 Å². The molecule has 3 aromatic rings. The summed E-state index contributed by atoms with van der Waals surface area (Å²) in [5.41, 5.74) is 1.06. The first-order valence-electron chi connectivity index (χ1n) is 9.59. The number of benzene rings is 2. The van der Waals surface area contributed by atoms with Gasteiger partial charge < -0.3 is 14.0 Å². The van der Waals surface area contributed by atoms with Crippen LogP contribution >= 0.6 is 0 Å². The molecule has 1 heterocycles. The van der Waals surface area contributed by atoms with E-state index < -0.39 is 36.7 Å². The standard InChI is InChI=1S/C23H18F5NO4/c1-13-11-19(14(2)29(13)17-7-9-18(10-8-17)33-22(24)25)20(30)12-32-21(31)15-3-5-16(6-4-15)23(26,27)28/h3-11,22H,12H2,1-2H3. The Labute approximate surface area is 185 Å². The molecule has 0 saturated heterocycles. The fourth-order valence-electron chi connectivity index (χ4n) is 3.31. The Bertz CT molecular complexity index is 1150. The number of aryl methyl sites for hydroxylation is 1. The van der Waals surface area contributed by atoms with Crippen molar-refractivity contribution in [2.75, 3.05) is 6.61 Å². The number of aromatic nitrogens is 1. The van der Waals surface area contributed by atoms with E-state index in [1.165, 1.54) is 12.1 Å². The Balaban J connectivity index is 1.70. The number of Topliss-reactive ketones (excluding diaryl/α,β-unsaturated/α-hetero) is 1. The summed E-state index contributed by atoms with van der Waals surface area (Å²) in [6, 6.07) is 10.9. The van der Waals surface area contributed by atoms with Crippen molar-refractivity contribution in [1.29, 1.82) is 0 Å². The van der Waals surface area contributed by atoms with Crippen LogP contribution in [-0.2, 0) is 10.9 Å². The molecule has 0 radical (unpaired) electrons. The Morgan fingerprint density at radius 1 is 0.970 bits per heavy atom. The van der Waals surface area contributed by atoms with Gasteiger partial charge in [-0.3, -0.25) is 4.79 Å². The summed E-state index contributed by atoms with van der Waals surface area (Å²) in [4.78, 5) is 24.7. The van der Waals surface area contributed by atoms with Gasteiger partial charge in [-0.05, 0) is 68.4 Å². The molecule has 0 atom stereocenters. The van der Waals surface area contributed by atoms with Crippen molar-refractivity contribution >= 4 is 11.8 Å². The van der Waals surface area contributed by atoms with Crippen LogP contribution in [0.3, 0.4) is 0 Å².